The largest absolute Gasteiger partial charge is 0.504 e. The van der Waals surface area contributed by atoms with Crippen LogP contribution in [-0.4, -0.2) is 10.2 Å². The van der Waals surface area contributed by atoms with Gasteiger partial charge >= 0.3 is 0 Å². The van der Waals surface area contributed by atoms with Gasteiger partial charge in [-0.2, -0.15) is 0 Å². The van der Waals surface area contributed by atoms with Crippen molar-refractivity contribution in [2.24, 2.45) is 0 Å². The molecule has 0 aliphatic rings. The molecule has 0 fully saturated rings. The van der Waals surface area contributed by atoms with E-state index in [1.165, 1.54) is 24.3 Å². The van der Waals surface area contributed by atoms with Crippen LogP contribution in [0.1, 0.15) is 11.1 Å². The minimum absolute atomic E-state index is 0.149. The van der Waals surface area contributed by atoms with Crippen molar-refractivity contribution in [1.82, 2.24) is 0 Å². The first-order chi connectivity index (χ1) is 8.15. The summed E-state index contributed by atoms with van der Waals surface area (Å²) in [5, 5.41) is 18.4. The van der Waals surface area contributed by atoms with Gasteiger partial charge in [-0.1, -0.05) is 30.4 Å². The lowest BCUT2D eigenvalue weighted by Gasteiger charge is -1.98. The summed E-state index contributed by atoms with van der Waals surface area (Å²) in [7, 11) is 0. The second-order valence-electron chi connectivity index (χ2n) is 3.63. The van der Waals surface area contributed by atoms with Crippen LogP contribution in [-0.2, 0) is 0 Å². The first kappa shape index (κ1) is 11.2. The van der Waals surface area contributed by atoms with E-state index in [2.05, 4.69) is 0 Å². The topological polar surface area (TPSA) is 40.5 Å². The lowest BCUT2D eigenvalue weighted by Crippen LogP contribution is -1.76. The van der Waals surface area contributed by atoms with Crippen molar-refractivity contribution >= 4 is 12.2 Å². The zero-order chi connectivity index (χ0) is 12.3. The van der Waals surface area contributed by atoms with E-state index in [0.717, 1.165) is 11.1 Å². The number of phenolic OH excluding ortho intramolecular Hbond substituents is 2. The highest BCUT2D eigenvalue weighted by molar-refractivity contribution is 5.70. The minimum Gasteiger partial charge on any atom is -0.504 e. The summed E-state index contributed by atoms with van der Waals surface area (Å²) in [4.78, 5) is 0. The van der Waals surface area contributed by atoms with Crippen LogP contribution in [0.4, 0.5) is 4.39 Å². The van der Waals surface area contributed by atoms with Crippen molar-refractivity contribution in [3.8, 4) is 11.5 Å². The number of aromatic hydroxyl groups is 2. The Bertz CT molecular complexity index is 545. The fraction of sp³-hybridized carbons (Fsp3) is 0. The average Bonchev–Trinajstić information content (AvgIpc) is 2.33. The standard InChI is InChI=1S/C14H11FO2/c15-12-6-3-10(4-7-12)1-2-11-5-8-13(16)14(17)9-11/h1-9,16-17H. The Kier molecular flexibility index (Phi) is 3.10. The molecular formula is C14H11FO2. The van der Waals surface area contributed by atoms with E-state index < -0.39 is 0 Å². The van der Waals surface area contributed by atoms with Crippen molar-refractivity contribution in [1.29, 1.82) is 0 Å². The molecule has 2 N–H and O–H groups in total. The first-order valence-electron chi connectivity index (χ1n) is 5.11. The number of rotatable bonds is 2. The summed E-state index contributed by atoms with van der Waals surface area (Å²) in [5.41, 5.74) is 1.61. The van der Waals surface area contributed by atoms with Crippen molar-refractivity contribution in [2.45, 2.75) is 0 Å². The Labute approximate surface area is 98.3 Å². The molecule has 2 nitrogen and oxygen atoms in total. The Balaban J connectivity index is 2.20. The predicted octanol–water partition coefficient (Wildman–Crippen LogP) is 3.41. The van der Waals surface area contributed by atoms with Crippen molar-refractivity contribution in [3.63, 3.8) is 0 Å². The van der Waals surface area contributed by atoms with Crippen LogP contribution in [0.3, 0.4) is 0 Å². The van der Waals surface area contributed by atoms with Gasteiger partial charge in [-0.15, -0.1) is 0 Å². The smallest absolute Gasteiger partial charge is 0.157 e. The van der Waals surface area contributed by atoms with Gasteiger partial charge in [0.1, 0.15) is 5.82 Å². The zero-order valence-electron chi connectivity index (χ0n) is 8.97. The molecule has 0 aliphatic heterocycles. The van der Waals surface area contributed by atoms with Crippen LogP contribution in [0, 0.1) is 5.82 Å². The third kappa shape index (κ3) is 2.84. The van der Waals surface area contributed by atoms with Gasteiger partial charge in [0.15, 0.2) is 11.5 Å². The van der Waals surface area contributed by atoms with E-state index >= 15 is 0 Å². The Morgan fingerprint density at radius 2 is 1.35 bits per heavy atom. The lowest BCUT2D eigenvalue weighted by atomic mass is 10.1. The monoisotopic (exact) mass is 230 g/mol. The molecule has 2 aromatic rings. The molecular weight excluding hydrogens is 219 g/mol. The van der Waals surface area contributed by atoms with Crippen LogP contribution in [0.25, 0.3) is 12.2 Å². The van der Waals surface area contributed by atoms with E-state index in [1.807, 2.05) is 0 Å². The van der Waals surface area contributed by atoms with Crippen LogP contribution in [0.2, 0.25) is 0 Å². The first-order valence-corrected chi connectivity index (χ1v) is 5.11. The summed E-state index contributed by atoms with van der Waals surface area (Å²) < 4.78 is 12.7. The highest BCUT2D eigenvalue weighted by Gasteiger charge is 1.97. The average molecular weight is 230 g/mol. The maximum Gasteiger partial charge on any atom is 0.157 e. The molecule has 0 aliphatic carbocycles. The summed E-state index contributed by atoms with van der Waals surface area (Å²) in [5.74, 6) is -0.584. The molecule has 0 amide bonds. The molecule has 0 bridgehead atoms. The number of hydrogen-bond acceptors (Lipinski definition) is 2. The maximum atomic E-state index is 12.7. The van der Waals surface area contributed by atoms with Gasteiger partial charge in [0.2, 0.25) is 0 Å². The molecule has 17 heavy (non-hydrogen) atoms. The molecule has 0 unspecified atom stereocenters. The minimum atomic E-state index is -0.274. The lowest BCUT2D eigenvalue weighted by molar-refractivity contribution is 0.403. The maximum absolute atomic E-state index is 12.7. The normalized spacial score (nSPS) is 10.9. The van der Waals surface area contributed by atoms with Gasteiger partial charge in [0.05, 0.1) is 0 Å². The van der Waals surface area contributed by atoms with E-state index in [0.29, 0.717) is 0 Å². The van der Waals surface area contributed by atoms with Gasteiger partial charge in [-0.3, -0.25) is 0 Å². The molecule has 0 aromatic heterocycles. The van der Waals surface area contributed by atoms with Gasteiger partial charge in [0.25, 0.3) is 0 Å². The van der Waals surface area contributed by atoms with E-state index in [1.54, 1.807) is 30.4 Å². The fourth-order valence-corrected chi connectivity index (χ4v) is 1.41. The molecule has 86 valence electrons. The highest BCUT2D eigenvalue weighted by Crippen LogP contribution is 2.25. The van der Waals surface area contributed by atoms with Crippen LogP contribution >= 0.6 is 0 Å². The molecule has 2 rings (SSSR count). The molecule has 3 heteroatoms. The zero-order valence-corrected chi connectivity index (χ0v) is 8.97. The van der Waals surface area contributed by atoms with E-state index in [4.69, 9.17) is 5.11 Å². The number of halogens is 1. The molecule has 0 saturated heterocycles. The molecule has 2 aromatic carbocycles. The number of benzene rings is 2. The van der Waals surface area contributed by atoms with Gasteiger partial charge in [-0.05, 0) is 35.4 Å². The molecule has 0 saturated carbocycles. The predicted molar refractivity (Wildman–Crippen MR) is 65.1 cm³/mol. The van der Waals surface area contributed by atoms with Crippen LogP contribution in [0.5, 0.6) is 11.5 Å². The molecule has 0 heterocycles. The number of hydrogen-bond donors (Lipinski definition) is 2. The quantitative estimate of drug-likeness (QED) is 0.613. The third-order valence-electron chi connectivity index (χ3n) is 2.34. The van der Waals surface area contributed by atoms with E-state index in [9.17, 15) is 9.50 Å². The Hall–Kier alpha value is -2.29. The Morgan fingerprint density at radius 1 is 0.765 bits per heavy atom. The summed E-state index contributed by atoms with van der Waals surface area (Å²) >= 11 is 0. The third-order valence-corrected chi connectivity index (χ3v) is 2.34. The van der Waals surface area contributed by atoms with Crippen molar-refractivity contribution in [3.05, 3.63) is 59.4 Å². The van der Waals surface area contributed by atoms with Crippen LogP contribution in [0.15, 0.2) is 42.5 Å². The van der Waals surface area contributed by atoms with Gasteiger partial charge < -0.3 is 10.2 Å². The van der Waals surface area contributed by atoms with Crippen molar-refractivity contribution in [2.75, 3.05) is 0 Å². The highest BCUT2D eigenvalue weighted by atomic mass is 19.1. The van der Waals surface area contributed by atoms with Gasteiger partial charge in [0, 0.05) is 0 Å². The molecule has 0 atom stereocenters. The van der Waals surface area contributed by atoms with Crippen molar-refractivity contribution < 1.29 is 14.6 Å². The van der Waals surface area contributed by atoms with E-state index in [-0.39, 0.29) is 17.3 Å². The second-order valence-corrected chi connectivity index (χ2v) is 3.63. The summed E-state index contributed by atoms with van der Waals surface area (Å²) in [6, 6.07) is 10.6. The Morgan fingerprint density at radius 3 is 2.00 bits per heavy atom. The SMILES string of the molecule is Oc1ccc(C=Cc2ccc(F)cc2)cc1O. The molecule has 0 spiro atoms. The summed E-state index contributed by atoms with van der Waals surface area (Å²) in [6.07, 6.45) is 3.57. The van der Waals surface area contributed by atoms with Crippen LogP contribution < -0.4 is 0 Å². The second kappa shape index (κ2) is 4.70. The van der Waals surface area contributed by atoms with Gasteiger partial charge in [-0.25, -0.2) is 4.39 Å². The molecule has 0 radical (unpaired) electrons. The number of phenols is 2. The fourth-order valence-electron chi connectivity index (χ4n) is 1.41. The summed E-state index contributed by atoms with van der Waals surface area (Å²) in [6.45, 7) is 0.